The fourth-order valence-electron chi connectivity index (χ4n) is 2.06. The van der Waals surface area contributed by atoms with Crippen molar-refractivity contribution in [3.05, 3.63) is 42.7 Å². The summed E-state index contributed by atoms with van der Waals surface area (Å²) in [5.41, 5.74) is 0. The molecule has 0 radical (unpaired) electrons. The molecule has 1 heterocycles. The van der Waals surface area contributed by atoms with Crippen molar-refractivity contribution in [3.63, 3.8) is 0 Å². The zero-order valence-corrected chi connectivity index (χ0v) is 13.1. The molecule has 3 heteroatoms. The number of thioether (sulfide) groups is 1. The SMILES string of the molecule is CCCCCCSC[n+]1ccc2ccccc2c1.[Cl-]. The van der Waals surface area contributed by atoms with Gasteiger partial charge in [-0.3, -0.25) is 0 Å². The van der Waals surface area contributed by atoms with Gasteiger partial charge in [0.1, 0.15) is 0 Å². The van der Waals surface area contributed by atoms with Crippen LogP contribution in [0.15, 0.2) is 42.7 Å². The highest BCUT2D eigenvalue weighted by Crippen LogP contribution is 2.11. The Kier molecular flexibility index (Phi) is 7.92. The number of hydrogen-bond donors (Lipinski definition) is 0. The molecule has 1 aromatic carbocycles. The van der Waals surface area contributed by atoms with E-state index in [2.05, 4.69) is 54.2 Å². The van der Waals surface area contributed by atoms with Crippen molar-refractivity contribution in [1.29, 1.82) is 0 Å². The Morgan fingerprint density at radius 3 is 2.58 bits per heavy atom. The number of nitrogens with zero attached hydrogens (tertiary/aromatic N) is 1. The first-order chi connectivity index (χ1) is 8.90. The van der Waals surface area contributed by atoms with Crippen LogP contribution in [0.4, 0.5) is 0 Å². The third-order valence-electron chi connectivity index (χ3n) is 3.13. The molecule has 1 nitrogen and oxygen atoms in total. The van der Waals surface area contributed by atoms with E-state index in [1.54, 1.807) is 0 Å². The van der Waals surface area contributed by atoms with Gasteiger partial charge in [0, 0.05) is 11.5 Å². The van der Waals surface area contributed by atoms with Gasteiger partial charge in [-0.1, -0.05) is 56.1 Å². The lowest BCUT2D eigenvalue weighted by atomic mass is 10.2. The molecule has 2 aromatic rings. The third-order valence-corrected chi connectivity index (χ3v) is 4.19. The third kappa shape index (κ3) is 5.42. The molecule has 0 spiro atoms. The Balaban J connectivity index is 0.00000180. The van der Waals surface area contributed by atoms with Crippen molar-refractivity contribution < 1.29 is 17.0 Å². The van der Waals surface area contributed by atoms with Gasteiger partial charge in [0.25, 0.3) is 0 Å². The summed E-state index contributed by atoms with van der Waals surface area (Å²) in [6.07, 6.45) is 9.86. The van der Waals surface area contributed by atoms with Gasteiger partial charge >= 0.3 is 0 Å². The van der Waals surface area contributed by atoms with Gasteiger partial charge in [0.15, 0.2) is 18.3 Å². The molecule has 19 heavy (non-hydrogen) atoms. The smallest absolute Gasteiger partial charge is 0.194 e. The van der Waals surface area contributed by atoms with E-state index in [0.717, 1.165) is 5.88 Å². The minimum atomic E-state index is 0. The highest BCUT2D eigenvalue weighted by atomic mass is 35.5. The Hall–Kier alpha value is -0.730. The molecule has 0 N–H and O–H groups in total. The van der Waals surface area contributed by atoms with Crippen LogP contribution in [-0.4, -0.2) is 5.75 Å². The minimum Gasteiger partial charge on any atom is -1.00 e. The Morgan fingerprint density at radius 1 is 1.00 bits per heavy atom. The number of hydrogen-bond acceptors (Lipinski definition) is 1. The summed E-state index contributed by atoms with van der Waals surface area (Å²) in [5.74, 6) is 2.34. The second kappa shape index (κ2) is 9.22. The van der Waals surface area contributed by atoms with Gasteiger partial charge < -0.3 is 12.4 Å². The average molecular weight is 296 g/mol. The van der Waals surface area contributed by atoms with Crippen molar-refractivity contribution in [2.24, 2.45) is 0 Å². The van der Waals surface area contributed by atoms with Crippen LogP contribution in [0.25, 0.3) is 10.8 Å². The Morgan fingerprint density at radius 2 is 1.79 bits per heavy atom. The molecule has 1 aromatic heterocycles. The fourth-order valence-corrected chi connectivity index (χ4v) is 2.97. The van der Waals surface area contributed by atoms with Crippen LogP contribution in [0.1, 0.15) is 32.6 Å². The average Bonchev–Trinajstić information content (AvgIpc) is 2.42. The van der Waals surface area contributed by atoms with E-state index in [-0.39, 0.29) is 12.4 Å². The summed E-state index contributed by atoms with van der Waals surface area (Å²) in [6.45, 7) is 2.26. The van der Waals surface area contributed by atoms with Crippen LogP contribution in [0.3, 0.4) is 0 Å². The first-order valence-corrected chi connectivity index (χ1v) is 8.01. The normalized spacial score (nSPS) is 10.4. The van der Waals surface area contributed by atoms with Crippen LogP contribution in [0, 0.1) is 0 Å². The standard InChI is InChI=1S/C16H22NS.ClH/c1-2-3-4-7-12-18-14-17-11-10-15-8-5-6-9-16(15)13-17;/h5-6,8-11,13H,2-4,7,12,14H2,1H3;1H/q+1;/p-1. The summed E-state index contributed by atoms with van der Waals surface area (Å²) < 4.78 is 2.28. The van der Waals surface area contributed by atoms with E-state index in [0.29, 0.717) is 0 Å². The number of fused-ring (bicyclic) bond motifs is 1. The van der Waals surface area contributed by atoms with Crippen LogP contribution < -0.4 is 17.0 Å². The zero-order valence-electron chi connectivity index (χ0n) is 11.5. The molecule has 0 amide bonds. The number of halogens is 1. The lowest BCUT2D eigenvalue weighted by Gasteiger charge is -2.00. The van der Waals surface area contributed by atoms with E-state index in [9.17, 15) is 0 Å². The van der Waals surface area contributed by atoms with E-state index in [1.165, 1.54) is 42.2 Å². The molecule has 0 fully saturated rings. The summed E-state index contributed by atoms with van der Waals surface area (Å²) in [6, 6.07) is 10.7. The Labute approximate surface area is 126 Å². The van der Waals surface area contributed by atoms with Gasteiger partial charge in [-0.25, -0.2) is 0 Å². The quantitative estimate of drug-likeness (QED) is 0.552. The molecule has 0 saturated heterocycles. The van der Waals surface area contributed by atoms with Crippen LogP contribution in [0.5, 0.6) is 0 Å². The molecule has 0 bridgehead atoms. The van der Waals surface area contributed by atoms with Crippen LogP contribution in [0.2, 0.25) is 0 Å². The molecular formula is C16H22ClNS. The summed E-state index contributed by atoms with van der Waals surface area (Å²) in [5, 5.41) is 2.65. The van der Waals surface area contributed by atoms with Gasteiger partial charge in [-0.2, -0.15) is 4.57 Å². The monoisotopic (exact) mass is 295 g/mol. The predicted octanol–water partition coefficient (Wildman–Crippen LogP) is 1.40. The lowest BCUT2D eigenvalue weighted by molar-refractivity contribution is -0.674. The van der Waals surface area contributed by atoms with E-state index < -0.39 is 0 Å². The summed E-state index contributed by atoms with van der Waals surface area (Å²) in [7, 11) is 0. The van der Waals surface area contributed by atoms with Crippen molar-refractivity contribution in [3.8, 4) is 0 Å². The van der Waals surface area contributed by atoms with Gasteiger partial charge in [-0.05, 0) is 23.6 Å². The van der Waals surface area contributed by atoms with E-state index in [1.807, 2.05) is 11.8 Å². The van der Waals surface area contributed by atoms with E-state index >= 15 is 0 Å². The van der Waals surface area contributed by atoms with Gasteiger partial charge in [0.05, 0.1) is 0 Å². The second-order valence-corrected chi connectivity index (χ2v) is 5.76. The molecule has 0 aliphatic heterocycles. The molecule has 104 valence electrons. The molecule has 0 aliphatic carbocycles. The summed E-state index contributed by atoms with van der Waals surface area (Å²) in [4.78, 5) is 0. The molecule has 0 saturated carbocycles. The zero-order chi connectivity index (χ0) is 12.6. The van der Waals surface area contributed by atoms with Crippen molar-refractivity contribution in [2.45, 2.75) is 38.5 Å². The lowest BCUT2D eigenvalue weighted by Crippen LogP contribution is -3.00. The fraction of sp³-hybridized carbons (Fsp3) is 0.438. The number of pyridine rings is 1. The highest BCUT2D eigenvalue weighted by Gasteiger charge is 2.02. The van der Waals surface area contributed by atoms with Gasteiger partial charge in [-0.15, -0.1) is 0 Å². The molecular weight excluding hydrogens is 274 g/mol. The molecule has 2 rings (SSSR count). The maximum absolute atomic E-state index is 2.28. The Bertz CT molecular complexity index is 487. The predicted molar refractivity (Wildman–Crippen MR) is 80.7 cm³/mol. The van der Waals surface area contributed by atoms with Crippen molar-refractivity contribution in [1.82, 2.24) is 0 Å². The minimum absolute atomic E-state index is 0. The summed E-state index contributed by atoms with van der Waals surface area (Å²) >= 11 is 2.03. The first-order valence-electron chi connectivity index (χ1n) is 6.86. The second-order valence-electron chi connectivity index (χ2n) is 4.69. The van der Waals surface area contributed by atoms with Crippen LogP contribution in [-0.2, 0) is 5.88 Å². The topological polar surface area (TPSA) is 3.88 Å². The number of aromatic nitrogens is 1. The number of benzene rings is 1. The van der Waals surface area contributed by atoms with Crippen LogP contribution >= 0.6 is 11.8 Å². The molecule has 0 unspecified atom stereocenters. The number of rotatable bonds is 7. The maximum atomic E-state index is 2.28. The van der Waals surface area contributed by atoms with Gasteiger partial charge in [0.2, 0.25) is 0 Å². The largest absolute Gasteiger partial charge is 1.00 e. The molecule has 0 atom stereocenters. The van der Waals surface area contributed by atoms with Crippen molar-refractivity contribution >= 4 is 22.5 Å². The number of unbranched alkanes of at least 4 members (excludes halogenated alkanes) is 3. The van der Waals surface area contributed by atoms with E-state index in [4.69, 9.17) is 0 Å². The maximum Gasteiger partial charge on any atom is 0.194 e. The van der Waals surface area contributed by atoms with Crippen molar-refractivity contribution in [2.75, 3.05) is 5.75 Å². The first kappa shape index (κ1) is 16.3. The molecule has 0 aliphatic rings. The highest BCUT2D eigenvalue weighted by molar-refractivity contribution is 7.98.